The van der Waals surface area contributed by atoms with Crippen LogP contribution in [-0.4, -0.2) is 67.3 Å². The van der Waals surface area contributed by atoms with Crippen molar-refractivity contribution in [1.82, 2.24) is 9.21 Å². The van der Waals surface area contributed by atoms with E-state index in [2.05, 4.69) is 23.1 Å². The molecule has 2 aliphatic heterocycles. The Hall–Kier alpha value is -2.24. The van der Waals surface area contributed by atoms with Gasteiger partial charge in [0, 0.05) is 31.1 Å². The Kier molecular flexibility index (Phi) is 5.94. The van der Waals surface area contributed by atoms with E-state index in [1.165, 1.54) is 6.26 Å². The number of fused-ring (bicyclic) bond motifs is 1. The highest BCUT2D eigenvalue weighted by atomic mass is 32.2. The predicted octanol–water partition coefficient (Wildman–Crippen LogP) is 2.41. The molecule has 158 valence electrons. The lowest BCUT2D eigenvalue weighted by molar-refractivity contribution is -0.0553. The number of aliphatic hydroxyl groups is 1. The fourth-order valence-electron chi connectivity index (χ4n) is 4.88. The molecule has 0 aliphatic carbocycles. The number of hydrogen-bond acceptors (Lipinski definition) is 5. The summed E-state index contributed by atoms with van der Waals surface area (Å²) in [4.78, 5) is 2.27. The largest absolute Gasteiger partial charge is 0.395 e. The average molecular weight is 426 g/mol. The summed E-state index contributed by atoms with van der Waals surface area (Å²) in [6.45, 7) is 1.98. The molecule has 0 spiro atoms. The molecule has 2 aromatic rings. The smallest absolute Gasteiger partial charge is 0.211 e. The van der Waals surface area contributed by atoms with Gasteiger partial charge < -0.3 is 5.11 Å². The summed E-state index contributed by atoms with van der Waals surface area (Å²) in [5.74, 6) is 0.0943. The molecule has 6 nitrogen and oxygen atoms in total. The van der Waals surface area contributed by atoms with Gasteiger partial charge in [-0.1, -0.05) is 36.4 Å². The topological polar surface area (TPSA) is 84.6 Å². The first-order chi connectivity index (χ1) is 14.4. The maximum absolute atomic E-state index is 12.2. The van der Waals surface area contributed by atoms with Crippen LogP contribution in [-0.2, 0) is 10.0 Å². The highest BCUT2D eigenvalue weighted by molar-refractivity contribution is 7.88. The Labute approximate surface area is 178 Å². The Balaban J connectivity index is 1.60. The molecule has 2 aliphatic rings. The third-order valence-corrected chi connectivity index (χ3v) is 7.69. The first kappa shape index (κ1) is 21.0. The van der Waals surface area contributed by atoms with Gasteiger partial charge in [0.05, 0.1) is 24.5 Å². The van der Waals surface area contributed by atoms with Crippen molar-refractivity contribution < 1.29 is 13.5 Å². The molecule has 0 radical (unpaired) electrons. The quantitative estimate of drug-likeness (QED) is 0.813. The summed E-state index contributed by atoms with van der Waals surface area (Å²) >= 11 is 0. The van der Waals surface area contributed by atoms with E-state index in [-0.39, 0.29) is 24.6 Å². The van der Waals surface area contributed by atoms with Crippen LogP contribution in [0.25, 0.3) is 11.1 Å². The molecule has 3 atom stereocenters. The fourth-order valence-corrected chi connectivity index (χ4v) is 5.76. The van der Waals surface area contributed by atoms with Crippen molar-refractivity contribution in [2.24, 2.45) is 0 Å². The van der Waals surface area contributed by atoms with Gasteiger partial charge in [0.1, 0.15) is 0 Å². The highest BCUT2D eigenvalue weighted by Crippen LogP contribution is 2.42. The van der Waals surface area contributed by atoms with Crippen LogP contribution in [0.15, 0.2) is 48.5 Å². The molecule has 4 rings (SSSR count). The van der Waals surface area contributed by atoms with Gasteiger partial charge in [0.15, 0.2) is 0 Å². The monoisotopic (exact) mass is 425 g/mol. The summed E-state index contributed by atoms with van der Waals surface area (Å²) in [7, 11) is -3.25. The Morgan fingerprint density at radius 2 is 1.83 bits per heavy atom. The number of aliphatic hydroxyl groups excluding tert-OH is 1. The van der Waals surface area contributed by atoms with Crippen LogP contribution >= 0.6 is 0 Å². The van der Waals surface area contributed by atoms with Crippen molar-refractivity contribution in [3.63, 3.8) is 0 Å². The molecule has 0 bridgehead atoms. The number of rotatable bonds is 4. The minimum atomic E-state index is -3.25. The summed E-state index contributed by atoms with van der Waals surface area (Å²) in [6, 6.07) is 18.0. The van der Waals surface area contributed by atoms with Gasteiger partial charge in [-0.2, -0.15) is 5.26 Å². The molecule has 2 aromatic carbocycles. The second-order valence-corrected chi connectivity index (χ2v) is 10.2. The van der Waals surface area contributed by atoms with Gasteiger partial charge in [0.2, 0.25) is 10.0 Å². The third-order valence-electron chi connectivity index (χ3n) is 6.42. The molecular weight excluding hydrogens is 398 g/mol. The molecule has 2 saturated heterocycles. The molecule has 30 heavy (non-hydrogen) atoms. The minimum absolute atomic E-state index is 0.0160. The van der Waals surface area contributed by atoms with Crippen LogP contribution in [0.1, 0.15) is 29.9 Å². The van der Waals surface area contributed by atoms with E-state index in [0.717, 1.165) is 36.1 Å². The van der Waals surface area contributed by atoms with E-state index < -0.39 is 10.0 Å². The summed E-state index contributed by atoms with van der Waals surface area (Å²) in [6.07, 6.45) is 3.05. The van der Waals surface area contributed by atoms with Crippen molar-refractivity contribution >= 4 is 10.0 Å². The first-order valence-electron chi connectivity index (χ1n) is 10.3. The molecule has 0 aromatic heterocycles. The van der Waals surface area contributed by atoms with E-state index in [0.29, 0.717) is 18.7 Å². The van der Waals surface area contributed by atoms with Gasteiger partial charge in [-0.15, -0.1) is 0 Å². The lowest BCUT2D eigenvalue weighted by atomic mass is 9.74. The lowest BCUT2D eigenvalue weighted by Crippen LogP contribution is -2.67. The van der Waals surface area contributed by atoms with Crippen LogP contribution in [0.3, 0.4) is 0 Å². The SMILES string of the molecule is CS(=O)(=O)N1CCCCN2[C@H](CO)[C@@H](c3ccc(-c4cccc(C#N)c4)cc3)[C@H]2C1. The van der Waals surface area contributed by atoms with Gasteiger partial charge in [-0.05, 0) is 48.2 Å². The molecule has 0 amide bonds. The zero-order chi connectivity index (χ0) is 21.3. The number of nitriles is 1. The van der Waals surface area contributed by atoms with E-state index in [9.17, 15) is 13.5 Å². The molecule has 1 N–H and O–H groups in total. The maximum atomic E-state index is 12.2. The average Bonchev–Trinajstić information content (AvgIpc) is 2.72. The van der Waals surface area contributed by atoms with E-state index in [1.54, 1.807) is 10.4 Å². The van der Waals surface area contributed by atoms with E-state index in [1.807, 2.05) is 30.3 Å². The summed E-state index contributed by atoms with van der Waals surface area (Å²) in [5.41, 5.74) is 3.76. The van der Waals surface area contributed by atoms with Gasteiger partial charge in [-0.25, -0.2) is 12.7 Å². The van der Waals surface area contributed by atoms with E-state index in [4.69, 9.17) is 5.26 Å². The van der Waals surface area contributed by atoms with Gasteiger partial charge >= 0.3 is 0 Å². The molecular formula is C23H27N3O3S. The number of hydrogen-bond donors (Lipinski definition) is 1. The standard InChI is InChI=1S/C23H27N3O3S/c1-30(28,29)25-11-2-3-12-26-21(15-25)23(22(26)16-27)19-9-7-18(8-10-19)20-6-4-5-17(13-20)14-24/h4-10,13,21-23,27H,2-3,11-12,15-16H2,1H3/t21-,22-,23+/m1/s1. The van der Waals surface area contributed by atoms with Crippen molar-refractivity contribution in [3.05, 3.63) is 59.7 Å². The predicted molar refractivity (Wildman–Crippen MR) is 116 cm³/mol. The summed E-state index contributed by atoms with van der Waals surface area (Å²) < 4.78 is 26.0. The second-order valence-electron chi connectivity index (χ2n) is 8.22. The fraction of sp³-hybridized carbons (Fsp3) is 0.435. The van der Waals surface area contributed by atoms with Gasteiger partial charge in [0.25, 0.3) is 0 Å². The summed E-state index contributed by atoms with van der Waals surface area (Å²) in [5, 5.41) is 19.2. The normalized spacial score (nSPS) is 25.4. The minimum Gasteiger partial charge on any atom is -0.395 e. The highest BCUT2D eigenvalue weighted by Gasteiger charge is 2.49. The van der Waals surface area contributed by atoms with Crippen molar-refractivity contribution in [2.45, 2.75) is 30.8 Å². The Morgan fingerprint density at radius 1 is 1.10 bits per heavy atom. The van der Waals surface area contributed by atoms with E-state index >= 15 is 0 Å². The zero-order valence-corrected chi connectivity index (χ0v) is 17.9. The maximum Gasteiger partial charge on any atom is 0.211 e. The lowest BCUT2D eigenvalue weighted by Gasteiger charge is -2.57. The number of benzene rings is 2. The number of sulfonamides is 1. The van der Waals surface area contributed by atoms with Crippen LogP contribution in [0.4, 0.5) is 0 Å². The molecule has 2 heterocycles. The molecule has 2 fully saturated rings. The van der Waals surface area contributed by atoms with Crippen molar-refractivity contribution in [2.75, 3.05) is 32.5 Å². The van der Waals surface area contributed by atoms with Crippen LogP contribution in [0, 0.1) is 11.3 Å². The van der Waals surface area contributed by atoms with Gasteiger partial charge in [-0.3, -0.25) is 4.90 Å². The molecule has 0 unspecified atom stereocenters. The first-order valence-corrected chi connectivity index (χ1v) is 12.2. The van der Waals surface area contributed by atoms with Crippen molar-refractivity contribution in [1.29, 1.82) is 5.26 Å². The Bertz CT molecular complexity index is 1050. The Morgan fingerprint density at radius 3 is 2.50 bits per heavy atom. The van der Waals surface area contributed by atoms with Crippen LogP contribution in [0.5, 0.6) is 0 Å². The second kappa shape index (κ2) is 8.48. The number of nitrogens with zero attached hydrogens (tertiary/aromatic N) is 3. The zero-order valence-electron chi connectivity index (χ0n) is 17.1. The van der Waals surface area contributed by atoms with Crippen molar-refractivity contribution in [3.8, 4) is 17.2 Å². The molecule has 0 saturated carbocycles. The van der Waals surface area contributed by atoms with Crippen LogP contribution in [0.2, 0.25) is 0 Å². The molecule has 7 heteroatoms. The third kappa shape index (κ3) is 4.01. The van der Waals surface area contributed by atoms with Crippen LogP contribution < -0.4 is 0 Å².